The molecule has 8 rings (SSSR count). The molecular formula is C41H28N4. The predicted octanol–water partition coefficient (Wildman–Crippen LogP) is 9.81. The number of fused-ring (bicyclic) bond motifs is 3. The van der Waals surface area contributed by atoms with Gasteiger partial charge in [0.05, 0.1) is 22.8 Å². The maximum atomic E-state index is 8.83. The van der Waals surface area contributed by atoms with Crippen molar-refractivity contribution >= 4 is 44.5 Å². The highest BCUT2D eigenvalue weighted by atomic mass is 15.1. The summed E-state index contributed by atoms with van der Waals surface area (Å²) in [6.45, 7) is 0. The molecule has 1 aliphatic rings. The van der Waals surface area contributed by atoms with Gasteiger partial charge in [0.25, 0.3) is 0 Å². The number of allylic oxidation sites excluding steroid dienone is 1. The van der Waals surface area contributed by atoms with E-state index in [-0.39, 0.29) is 0 Å². The summed E-state index contributed by atoms with van der Waals surface area (Å²) < 4.78 is 0. The summed E-state index contributed by atoms with van der Waals surface area (Å²) in [5.41, 5.74) is 8.67. The Morgan fingerprint density at radius 3 is 1.89 bits per heavy atom. The second kappa shape index (κ2) is 11.2. The van der Waals surface area contributed by atoms with E-state index in [0.29, 0.717) is 11.5 Å². The smallest absolute Gasteiger partial charge is 0.157 e. The Bertz CT molecular complexity index is 2220. The first kappa shape index (κ1) is 26.5. The van der Waals surface area contributed by atoms with E-state index in [1.807, 2.05) is 60.7 Å². The molecule has 0 unspecified atom stereocenters. The Kier molecular flexibility index (Phi) is 6.58. The molecule has 1 aromatic heterocycles. The van der Waals surface area contributed by atoms with E-state index in [4.69, 9.17) is 15.4 Å². The molecule has 0 aliphatic carbocycles. The van der Waals surface area contributed by atoms with Gasteiger partial charge in [0.15, 0.2) is 5.84 Å². The molecule has 1 aliphatic heterocycles. The Morgan fingerprint density at radius 1 is 0.533 bits per heavy atom. The van der Waals surface area contributed by atoms with Crippen LogP contribution in [0.3, 0.4) is 0 Å². The number of pyridine rings is 1. The number of nitrogens with zero attached hydrogens (tertiary/aromatic N) is 2. The first-order valence-corrected chi connectivity index (χ1v) is 15.0. The van der Waals surface area contributed by atoms with Gasteiger partial charge in [-0.05, 0) is 74.6 Å². The molecule has 2 heterocycles. The molecule has 4 nitrogen and oxygen atoms in total. The van der Waals surface area contributed by atoms with Crippen LogP contribution in [0.4, 0.5) is 5.69 Å². The minimum Gasteiger partial charge on any atom is -0.338 e. The molecule has 0 spiro atoms. The molecule has 0 atom stereocenters. The average molecular weight is 577 g/mol. The largest absolute Gasteiger partial charge is 0.338 e. The fourth-order valence-electron chi connectivity index (χ4n) is 5.91. The maximum Gasteiger partial charge on any atom is 0.157 e. The van der Waals surface area contributed by atoms with Gasteiger partial charge < -0.3 is 10.7 Å². The van der Waals surface area contributed by atoms with Crippen LogP contribution in [-0.4, -0.2) is 16.5 Å². The van der Waals surface area contributed by atoms with Crippen molar-refractivity contribution in [1.82, 2.24) is 10.3 Å². The predicted molar refractivity (Wildman–Crippen MR) is 187 cm³/mol. The standard InChI is InChI=1S/C41H28N4/c42-36(29-12-2-1-3-13-29)26-39-35-16-8-9-17-37(35)44-41(45-39)40-25-34(32-20-18-27-10-4-6-14-30(27)22-32)24-38(43-40)33-21-19-28-11-5-7-15-31(28)23-33/h1-26,42H,(H,44,45)/b39-26-,42-36?. The summed E-state index contributed by atoms with van der Waals surface area (Å²) >= 11 is 0. The van der Waals surface area contributed by atoms with Crippen LogP contribution < -0.4 is 5.32 Å². The van der Waals surface area contributed by atoms with Crippen LogP contribution >= 0.6 is 0 Å². The molecule has 0 bridgehead atoms. The lowest BCUT2D eigenvalue weighted by molar-refractivity contribution is 1.17. The Morgan fingerprint density at radius 2 is 1.13 bits per heavy atom. The Hall–Kier alpha value is -6.13. The van der Waals surface area contributed by atoms with Crippen LogP contribution in [0.15, 0.2) is 163 Å². The van der Waals surface area contributed by atoms with E-state index < -0.39 is 0 Å². The number of rotatable bonds is 5. The zero-order valence-electron chi connectivity index (χ0n) is 24.4. The van der Waals surface area contributed by atoms with Crippen molar-refractivity contribution in [3.05, 3.63) is 175 Å². The zero-order chi connectivity index (χ0) is 30.2. The van der Waals surface area contributed by atoms with Gasteiger partial charge in [0.1, 0.15) is 5.69 Å². The van der Waals surface area contributed by atoms with E-state index in [1.54, 1.807) is 0 Å². The first-order valence-electron chi connectivity index (χ1n) is 15.0. The Balaban J connectivity index is 1.29. The van der Waals surface area contributed by atoms with E-state index in [2.05, 4.69) is 102 Å². The van der Waals surface area contributed by atoms with Crippen LogP contribution in [0.25, 0.3) is 49.6 Å². The highest BCUT2D eigenvalue weighted by Gasteiger charge is 2.20. The summed E-state index contributed by atoms with van der Waals surface area (Å²) in [4.78, 5) is 10.2. The normalized spacial score (nSPS) is 13.3. The molecule has 4 heteroatoms. The highest BCUT2D eigenvalue weighted by Crippen LogP contribution is 2.33. The van der Waals surface area contributed by atoms with Crippen molar-refractivity contribution < 1.29 is 0 Å². The van der Waals surface area contributed by atoms with Crippen molar-refractivity contribution in [3.63, 3.8) is 0 Å². The minimum atomic E-state index is 0.420. The second-order valence-corrected chi connectivity index (χ2v) is 11.2. The van der Waals surface area contributed by atoms with Gasteiger partial charge >= 0.3 is 0 Å². The molecule has 0 saturated carbocycles. The van der Waals surface area contributed by atoms with Crippen LogP contribution in [0.2, 0.25) is 0 Å². The number of nitrogens with one attached hydrogen (secondary N) is 2. The van der Waals surface area contributed by atoms with Crippen molar-refractivity contribution in [2.75, 3.05) is 0 Å². The molecule has 0 fully saturated rings. The topological polar surface area (TPSA) is 61.1 Å². The van der Waals surface area contributed by atoms with Crippen LogP contribution in [0.5, 0.6) is 0 Å². The van der Waals surface area contributed by atoms with Crippen LogP contribution in [0.1, 0.15) is 16.8 Å². The van der Waals surface area contributed by atoms with E-state index in [0.717, 1.165) is 50.6 Å². The van der Waals surface area contributed by atoms with Gasteiger partial charge in [0, 0.05) is 11.1 Å². The highest BCUT2D eigenvalue weighted by molar-refractivity contribution is 6.15. The summed E-state index contributed by atoms with van der Waals surface area (Å²) in [5, 5.41) is 17.1. The number of amidine groups is 1. The third kappa shape index (κ3) is 5.19. The monoisotopic (exact) mass is 576 g/mol. The van der Waals surface area contributed by atoms with E-state index >= 15 is 0 Å². The lowest BCUT2D eigenvalue weighted by atomic mass is 9.97. The summed E-state index contributed by atoms with van der Waals surface area (Å²) in [6.07, 6.45) is 1.88. The molecular weight excluding hydrogens is 548 g/mol. The summed E-state index contributed by atoms with van der Waals surface area (Å²) in [5.74, 6) is 0.644. The Labute approximate surface area is 261 Å². The molecule has 0 radical (unpaired) electrons. The van der Waals surface area contributed by atoms with Gasteiger partial charge in [-0.25, -0.2) is 9.98 Å². The van der Waals surface area contributed by atoms with Crippen molar-refractivity contribution in [2.24, 2.45) is 4.99 Å². The number of benzene rings is 6. The van der Waals surface area contributed by atoms with Gasteiger partial charge in [-0.3, -0.25) is 0 Å². The molecule has 2 N–H and O–H groups in total. The summed E-state index contributed by atoms with van der Waals surface area (Å²) in [7, 11) is 0. The SMILES string of the molecule is N=C(/C=C1\NC(c2cc(-c3ccc4ccccc4c3)cc(-c3ccc4ccccc4c3)n2)=Nc2ccccc21)c1ccccc1. The molecule has 0 amide bonds. The van der Waals surface area contributed by atoms with Crippen molar-refractivity contribution in [1.29, 1.82) is 5.41 Å². The molecule has 0 saturated heterocycles. The van der Waals surface area contributed by atoms with E-state index in [1.165, 1.54) is 21.5 Å². The molecule has 212 valence electrons. The lowest BCUT2D eigenvalue weighted by Gasteiger charge is -2.21. The fraction of sp³-hybridized carbons (Fsp3) is 0. The zero-order valence-corrected chi connectivity index (χ0v) is 24.4. The summed E-state index contributed by atoms with van der Waals surface area (Å²) in [6, 6.07) is 51.9. The number of hydrogen-bond donors (Lipinski definition) is 2. The van der Waals surface area contributed by atoms with Crippen molar-refractivity contribution in [3.8, 4) is 22.4 Å². The third-order valence-electron chi connectivity index (χ3n) is 8.25. The lowest BCUT2D eigenvalue weighted by Crippen LogP contribution is -2.27. The van der Waals surface area contributed by atoms with Crippen LogP contribution in [-0.2, 0) is 0 Å². The second-order valence-electron chi connectivity index (χ2n) is 11.2. The van der Waals surface area contributed by atoms with Crippen LogP contribution in [0, 0.1) is 5.41 Å². The van der Waals surface area contributed by atoms with Gasteiger partial charge in [0.2, 0.25) is 0 Å². The van der Waals surface area contributed by atoms with Gasteiger partial charge in [-0.1, -0.05) is 121 Å². The quantitative estimate of drug-likeness (QED) is 0.200. The number of hydrogen-bond acceptors (Lipinski definition) is 4. The number of para-hydroxylation sites is 1. The molecule has 7 aromatic rings. The van der Waals surface area contributed by atoms with Gasteiger partial charge in [-0.2, -0.15) is 0 Å². The van der Waals surface area contributed by atoms with Gasteiger partial charge in [-0.15, -0.1) is 0 Å². The third-order valence-corrected chi connectivity index (χ3v) is 8.25. The van der Waals surface area contributed by atoms with E-state index in [9.17, 15) is 0 Å². The molecule has 45 heavy (non-hydrogen) atoms. The average Bonchev–Trinajstić information content (AvgIpc) is 3.11. The van der Waals surface area contributed by atoms with Crippen molar-refractivity contribution in [2.45, 2.75) is 0 Å². The number of aliphatic imine (C=N–C) groups is 1. The maximum absolute atomic E-state index is 8.83. The minimum absolute atomic E-state index is 0.420. The molecule has 6 aromatic carbocycles. The fourth-order valence-corrected chi connectivity index (χ4v) is 5.91. The number of aromatic nitrogens is 1. The first-order chi connectivity index (χ1) is 22.2.